The van der Waals surface area contributed by atoms with Crippen molar-refractivity contribution in [2.24, 2.45) is 5.92 Å². The number of rotatable bonds is 5. The fourth-order valence-electron chi connectivity index (χ4n) is 5.03. The number of fused-ring (bicyclic) bond motifs is 2. The Kier molecular flexibility index (Phi) is 5.07. The number of piperidine rings is 1. The lowest BCUT2D eigenvalue weighted by molar-refractivity contribution is -0.928. The molecule has 1 amide bonds. The molecule has 0 radical (unpaired) electrons. The number of amides is 1. The number of nitrogens with one attached hydrogen (secondary N) is 3. The minimum atomic E-state index is 0.223. The normalized spacial score (nSPS) is 26.3. The highest BCUT2D eigenvalue weighted by molar-refractivity contribution is 5.83. The van der Waals surface area contributed by atoms with Crippen molar-refractivity contribution in [2.45, 2.75) is 51.0 Å². The predicted molar refractivity (Wildman–Crippen MR) is 101 cm³/mol. The Morgan fingerprint density at radius 2 is 2.00 bits per heavy atom. The highest BCUT2D eigenvalue weighted by Crippen LogP contribution is 2.28. The smallest absolute Gasteiger partial charge is 0.275 e. The lowest BCUT2D eigenvalue weighted by Crippen LogP contribution is -3.18. The minimum Gasteiger partial charge on any atom is -0.361 e. The van der Waals surface area contributed by atoms with Gasteiger partial charge in [-0.1, -0.05) is 24.6 Å². The minimum absolute atomic E-state index is 0.223. The molecule has 1 aliphatic carbocycles. The molecule has 25 heavy (non-hydrogen) atoms. The van der Waals surface area contributed by atoms with Gasteiger partial charge in [-0.3, -0.25) is 4.79 Å². The molecule has 3 atom stereocenters. The summed E-state index contributed by atoms with van der Waals surface area (Å²) in [5.41, 5.74) is 2.46. The standard InChI is InChI=1S/C21H29N3O/c25-21(15-24-13-5-7-16-6-1-4-10-20(16)24)22-12-11-17-14-23-19-9-3-2-8-18(17)19/h2-3,8-9,14,16,20,23H,1,4-7,10-13,15H2,(H,22,25)/p+1/t16-,20-/m0/s1. The predicted octanol–water partition coefficient (Wildman–Crippen LogP) is 2.06. The lowest BCUT2D eigenvalue weighted by atomic mass is 9.78. The first-order valence-corrected chi connectivity index (χ1v) is 9.97. The van der Waals surface area contributed by atoms with Gasteiger partial charge in [0.2, 0.25) is 0 Å². The molecule has 2 aliphatic rings. The first-order chi connectivity index (χ1) is 12.3. The van der Waals surface area contributed by atoms with E-state index in [-0.39, 0.29) is 5.91 Å². The topological polar surface area (TPSA) is 49.3 Å². The van der Waals surface area contributed by atoms with Crippen molar-refractivity contribution in [2.75, 3.05) is 19.6 Å². The fraction of sp³-hybridized carbons (Fsp3) is 0.571. The third-order valence-corrected chi connectivity index (χ3v) is 6.29. The number of hydrogen-bond donors (Lipinski definition) is 3. The summed E-state index contributed by atoms with van der Waals surface area (Å²) in [6, 6.07) is 9.09. The number of para-hydroxylation sites is 1. The molecule has 1 aromatic carbocycles. The van der Waals surface area contributed by atoms with Crippen LogP contribution in [0.25, 0.3) is 10.9 Å². The Morgan fingerprint density at radius 1 is 1.16 bits per heavy atom. The largest absolute Gasteiger partial charge is 0.361 e. The van der Waals surface area contributed by atoms with Crippen molar-refractivity contribution in [3.8, 4) is 0 Å². The van der Waals surface area contributed by atoms with E-state index in [2.05, 4.69) is 34.7 Å². The summed E-state index contributed by atoms with van der Waals surface area (Å²) in [5, 5.41) is 4.42. The van der Waals surface area contributed by atoms with Gasteiger partial charge in [0.05, 0.1) is 12.6 Å². The zero-order chi connectivity index (χ0) is 17.1. The highest BCUT2D eigenvalue weighted by Gasteiger charge is 2.37. The van der Waals surface area contributed by atoms with E-state index in [1.54, 1.807) is 4.90 Å². The van der Waals surface area contributed by atoms with Crippen LogP contribution >= 0.6 is 0 Å². The summed E-state index contributed by atoms with van der Waals surface area (Å²) in [6.45, 7) is 2.56. The zero-order valence-corrected chi connectivity index (χ0v) is 15.0. The van der Waals surface area contributed by atoms with E-state index < -0.39 is 0 Å². The average molecular weight is 340 g/mol. The number of H-pyrrole nitrogens is 1. The van der Waals surface area contributed by atoms with Gasteiger partial charge < -0.3 is 15.2 Å². The number of aromatic amines is 1. The van der Waals surface area contributed by atoms with Gasteiger partial charge in [0, 0.05) is 29.6 Å². The quantitative estimate of drug-likeness (QED) is 0.767. The number of carbonyl (C=O) groups excluding carboxylic acids is 1. The van der Waals surface area contributed by atoms with Gasteiger partial charge in [-0.2, -0.15) is 0 Å². The van der Waals surface area contributed by atoms with Crippen LogP contribution in [-0.2, 0) is 11.2 Å². The van der Waals surface area contributed by atoms with Gasteiger partial charge in [-0.25, -0.2) is 0 Å². The summed E-state index contributed by atoms with van der Waals surface area (Å²) < 4.78 is 0. The molecule has 4 rings (SSSR count). The van der Waals surface area contributed by atoms with Gasteiger partial charge in [0.1, 0.15) is 0 Å². The number of benzene rings is 1. The molecule has 1 saturated heterocycles. The summed E-state index contributed by atoms with van der Waals surface area (Å²) >= 11 is 0. The summed E-state index contributed by atoms with van der Waals surface area (Å²) in [5.74, 6) is 1.09. The Bertz CT molecular complexity index is 721. The number of quaternary nitrogens is 1. The molecular formula is C21H30N3O+. The molecule has 2 aromatic rings. The Balaban J connectivity index is 1.27. The van der Waals surface area contributed by atoms with Crippen molar-refractivity contribution < 1.29 is 9.69 Å². The molecule has 134 valence electrons. The van der Waals surface area contributed by atoms with Crippen LogP contribution in [0.4, 0.5) is 0 Å². The second-order valence-electron chi connectivity index (χ2n) is 7.84. The van der Waals surface area contributed by atoms with Crippen LogP contribution in [0.1, 0.15) is 44.1 Å². The second-order valence-corrected chi connectivity index (χ2v) is 7.84. The van der Waals surface area contributed by atoms with E-state index in [0.717, 1.165) is 24.9 Å². The highest BCUT2D eigenvalue weighted by atomic mass is 16.2. The van der Waals surface area contributed by atoms with E-state index in [9.17, 15) is 4.79 Å². The van der Waals surface area contributed by atoms with Crippen molar-refractivity contribution in [3.63, 3.8) is 0 Å². The van der Waals surface area contributed by atoms with E-state index in [0.29, 0.717) is 6.54 Å². The Hall–Kier alpha value is -1.81. The molecule has 0 bridgehead atoms. The maximum atomic E-state index is 12.4. The van der Waals surface area contributed by atoms with Gasteiger partial charge in [0.15, 0.2) is 6.54 Å². The molecule has 1 aliphatic heterocycles. The molecule has 4 heteroatoms. The van der Waals surface area contributed by atoms with Crippen LogP contribution in [-0.4, -0.2) is 36.6 Å². The molecule has 2 heterocycles. The van der Waals surface area contributed by atoms with Crippen molar-refractivity contribution >= 4 is 16.8 Å². The molecule has 0 spiro atoms. The van der Waals surface area contributed by atoms with Crippen LogP contribution in [0.5, 0.6) is 0 Å². The third-order valence-electron chi connectivity index (χ3n) is 6.29. The molecule has 3 N–H and O–H groups in total. The van der Waals surface area contributed by atoms with Crippen LogP contribution in [0, 0.1) is 5.92 Å². The molecular weight excluding hydrogens is 310 g/mol. The zero-order valence-electron chi connectivity index (χ0n) is 15.0. The fourth-order valence-corrected chi connectivity index (χ4v) is 5.03. The molecule has 1 unspecified atom stereocenters. The number of aromatic nitrogens is 1. The average Bonchev–Trinajstić information content (AvgIpc) is 3.05. The van der Waals surface area contributed by atoms with Crippen LogP contribution in [0.15, 0.2) is 30.5 Å². The van der Waals surface area contributed by atoms with Crippen molar-refractivity contribution in [1.82, 2.24) is 10.3 Å². The van der Waals surface area contributed by atoms with Gasteiger partial charge in [0.25, 0.3) is 5.91 Å². The summed E-state index contributed by atoms with van der Waals surface area (Å²) in [7, 11) is 0. The van der Waals surface area contributed by atoms with E-state index >= 15 is 0 Å². The second kappa shape index (κ2) is 7.61. The monoisotopic (exact) mass is 340 g/mol. The molecule has 4 nitrogen and oxygen atoms in total. The molecule has 1 aromatic heterocycles. The summed E-state index contributed by atoms with van der Waals surface area (Å²) in [6.07, 6.45) is 11.1. The molecule has 1 saturated carbocycles. The van der Waals surface area contributed by atoms with Crippen molar-refractivity contribution in [1.29, 1.82) is 0 Å². The maximum Gasteiger partial charge on any atom is 0.275 e. The Morgan fingerprint density at radius 3 is 2.96 bits per heavy atom. The molecule has 2 fully saturated rings. The van der Waals surface area contributed by atoms with Crippen LogP contribution < -0.4 is 10.2 Å². The lowest BCUT2D eigenvalue weighted by Gasteiger charge is -2.40. The SMILES string of the molecule is O=C(C[NH+]1CCC[C@@H]2CCCC[C@@H]21)NCCc1c[nH]c2ccccc12. The number of hydrogen-bond acceptors (Lipinski definition) is 1. The third kappa shape index (κ3) is 3.74. The van der Waals surface area contributed by atoms with Gasteiger partial charge in [-0.15, -0.1) is 0 Å². The van der Waals surface area contributed by atoms with E-state index in [1.807, 2.05) is 6.07 Å². The van der Waals surface area contributed by atoms with E-state index in [1.165, 1.54) is 61.5 Å². The van der Waals surface area contributed by atoms with Crippen LogP contribution in [0.3, 0.4) is 0 Å². The van der Waals surface area contributed by atoms with E-state index in [4.69, 9.17) is 0 Å². The van der Waals surface area contributed by atoms with Gasteiger partial charge >= 0.3 is 0 Å². The Labute approximate surface area is 150 Å². The van der Waals surface area contributed by atoms with Crippen LogP contribution in [0.2, 0.25) is 0 Å². The first kappa shape index (κ1) is 16.6. The number of likely N-dealkylation sites (tertiary alicyclic amines) is 1. The maximum absolute atomic E-state index is 12.4. The number of carbonyl (C=O) groups is 1. The first-order valence-electron chi connectivity index (χ1n) is 9.97. The van der Waals surface area contributed by atoms with Crippen molar-refractivity contribution in [3.05, 3.63) is 36.0 Å². The van der Waals surface area contributed by atoms with Gasteiger partial charge in [-0.05, 0) is 50.2 Å². The summed E-state index contributed by atoms with van der Waals surface area (Å²) in [4.78, 5) is 17.3.